The molecule has 1 atom stereocenters. The van der Waals surface area contributed by atoms with Crippen molar-refractivity contribution in [3.63, 3.8) is 0 Å². The van der Waals surface area contributed by atoms with Gasteiger partial charge in [0.2, 0.25) is 17.8 Å². The minimum atomic E-state index is -2.04. The molecule has 1 aliphatic heterocycles. The Labute approximate surface area is 218 Å². The molecule has 0 spiro atoms. The van der Waals surface area contributed by atoms with Crippen LogP contribution in [0.2, 0.25) is 0 Å². The molecule has 2 aliphatic rings. The number of fused-ring (bicyclic) bond motifs is 1. The topological polar surface area (TPSA) is 85.6 Å². The number of hydrogen-bond donors (Lipinski definition) is 0. The minimum Gasteiger partial charge on any atom is -0.450 e. The SMILES string of the molecule is Cc1ccc(Cn2c(N3CCC(N(C)c4nccc(OCO[PH](C)=O)n4)CC3)nc3c2=CCCC=3)cc1. The van der Waals surface area contributed by atoms with Gasteiger partial charge in [-0.25, -0.2) is 9.97 Å². The Kier molecular flexibility index (Phi) is 7.91. The Hall–Kier alpha value is -3.16. The average Bonchev–Trinajstić information content (AvgIpc) is 3.28. The molecule has 1 saturated heterocycles. The molecule has 3 heterocycles. The number of hydrogen-bond acceptors (Lipinski definition) is 8. The van der Waals surface area contributed by atoms with E-state index in [0.29, 0.717) is 17.9 Å². The van der Waals surface area contributed by atoms with Gasteiger partial charge in [-0.3, -0.25) is 9.09 Å². The van der Waals surface area contributed by atoms with Gasteiger partial charge < -0.3 is 19.1 Å². The molecule has 196 valence electrons. The summed E-state index contributed by atoms with van der Waals surface area (Å²) in [6.45, 7) is 6.21. The predicted octanol–water partition coefficient (Wildman–Crippen LogP) is 2.95. The Bertz CT molecular complexity index is 1370. The minimum absolute atomic E-state index is 0.0824. The van der Waals surface area contributed by atoms with E-state index < -0.39 is 8.03 Å². The quantitative estimate of drug-likeness (QED) is 0.313. The van der Waals surface area contributed by atoms with E-state index in [0.717, 1.165) is 56.6 Å². The Balaban J connectivity index is 1.29. The third-order valence-electron chi connectivity index (χ3n) is 7.02. The average molecular weight is 523 g/mol. The molecule has 1 unspecified atom stereocenters. The fraction of sp³-hybridized carbons (Fsp3) is 0.444. The summed E-state index contributed by atoms with van der Waals surface area (Å²) in [7, 11) is -0.0135. The van der Waals surface area contributed by atoms with E-state index >= 15 is 0 Å². The first-order chi connectivity index (χ1) is 18.0. The molecule has 0 bridgehead atoms. The summed E-state index contributed by atoms with van der Waals surface area (Å²) in [4.78, 5) is 18.6. The monoisotopic (exact) mass is 522 g/mol. The second kappa shape index (κ2) is 11.5. The van der Waals surface area contributed by atoms with Gasteiger partial charge in [-0.05, 0) is 38.2 Å². The Morgan fingerprint density at radius 3 is 2.59 bits per heavy atom. The fourth-order valence-electron chi connectivity index (χ4n) is 4.92. The van der Waals surface area contributed by atoms with Crippen LogP contribution in [0.5, 0.6) is 5.88 Å². The number of rotatable bonds is 9. The molecule has 1 fully saturated rings. The first-order valence-corrected chi connectivity index (χ1v) is 14.7. The Morgan fingerprint density at radius 2 is 1.84 bits per heavy atom. The van der Waals surface area contributed by atoms with Crippen LogP contribution in [0.25, 0.3) is 12.2 Å². The molecule has 1 aliphatic carbocycles. The van der Waals surface area contributed by atoms with E-state index in [9.17, 15) is 4.57 Å². The van der Waals surface area contributed by atoms with Crippen molar-refractivity contribution in [3.8, 4) is 5.88 Å². The van der Waals surface area contributed by atoms with E-state index in [2.05, 4.69) is 67.7 Å². The highest BCUT2D eigenvalue weighted by molar-refractivity contribution is 7.38. The highest BCUT2D eigenvalue weighted by Crippen LogP contribution is 2.24. The zero-order valence-electron chi connectivity index (χ0n) is 21.8. The lowest BCUT2D eigenvalue weighted by Crippen LogP contribution is -2.45. The molecule has 37 heavy (non-hydrogen) atoms. The Morgan fingerprint density at radius 1 is 1.08 bits per heavy atom. The van der Waals surface area contributed by atoms with E-state index in [4.69, 9.17) is 14.2 Å². The van der Waals surface area contributed by atoms with Gasteiger partial charge >= 0.3 is 0 Å². The number of aryl methyl sites for hydroxylation is 1. The van der Waals surface area contributed by atoms with Gasteiger partial charge in [-0.2, -0.15) is 4.98 Å². The van der Waals surface area contributed by atoms with Crippen LogP contribution in [0.1, 0.15) is 36.8 Å². The lowest BCUT2D eigenvalue weighted by atomic mass is 10.0. The number of benzene rings is 1. The van der Waals surface area contributed by atoms with E-state index in [-0.39, 0.29) is 6.79 Å². The van der Waals surface area contributed by atoms with E-state index in [1.54, 1.807) is 12.3 Å². The van der Waals surface area contributed by atoms with Gasteiger partial charge in [-0.1, -0.05) is 42.0 Å². The molecule has 1 aromatic carbocycles. The van der Waals surface area contributed by atoms with Gasteiger partial charge in [-0.15, -0.1) is 0 Å². The third-order valence-corrected chi connectivity index (χ3v) is 7.54. The van der Waals surface area contributed by atoms with E-state index in [1.165, 1.54) is 23.1 Å². The van der Waals surface area contributed by atoms with Gasteiger partial charge in [0.15, 0.2) is 14.8 Å². The highest BCUT2D eigenvalue weighted by Gasteiger charge is 2.27. The first kappa shape index (κ1) is 25.5. The molecular weight excluding hydrogens is 487 g/mol. The van der Waals surface area contributed by atoms with Crippen LogP contribution in [0.15, 0.2) is 36.5 Å². The van der Waals surface area contributed by atoms with Gasteiger partial charge in [0.25, 0.3) is 0 Å². The molecule has 10 heteroatoms. The molecular formula is C27H35N6O3P. The second-order valence-electron chi connectivity index (χ2n) is 9.66. The van der Waals surface area contributed by atoms with Crippen molar-refractivity contribution < 1.29 is 13.8 Å². The molecule has 2 aromatic heterocycles. The van der Waals surface area contributed by atoms with Crippen LogP contribution in [0.3, 0.4) is 0 Å². The second-order valence-corrected chi connectivity index (χ2v) is 10.9. The highest BCUT2D eigenvalue weighted by atomic mass is 31.1. The molecule has 0 radical (unpaired) electrons. The van der Waals surface area contributed by atoms with Crippen LogP contribution in [0.4, 0.5) is 11.9 Å². The van der Waals surface area contributed by atoms with Crippen LogP contribution < -0.4 is 25.2 Å². The van der Waals surface area contributed by atoms with Gasteiger partial charge in [0.05, 0.1) is 17.2 Å². The van der Waals surface area contributed by atoms with Crippen LogP contribution in [-0.2, 0) is 15.6 Å². The number of nitrogens with zero attached hydrogens (tertiary/aromatic N) is 6. The van der Waals surface area contributed by atoms with Crippen molar-refractivity contribution in [1.82, 2.24) is 19.5 Å². The summed E-state index contributed by atoms with van der Waals surface area (Å²) < 4.78 is 24.1. The van der Waals surface area contributed by atoms with Crippen molar-refractivity contribution in [2.24, 2.45) is 0 Å². The van der Waals surface area contributed by atoms with Crippen molar-refractivity contribution in [2.45, 2.75) is 45.2 Å². The zero-order valence-corrected chi connectivity index (χ0v) is 22.8. The summed E-state index contributed by atoms with van der Waals surface area (Å²) in [6, 6.07) is 10.8. The van der Waals surface area contributed by atoms with Gasteiger partial charge in [0, 0.05) is 45.1 Å². The molecule has 0 N–H and O–H groups in total. The maximum atomic E-state index is 11.2. The summed E-state index contributed by atoms with van der Waals surface area (Å²) in [5, 5.41) is 2.35. The lowest BCUT2D eigenvalue weighted by Gasteiger charge is -2.37. The van der Waals surface area contributed by atoms with E-state index in [1.807, 2.05) is 7.05 Å². The summed E-state index contributed by atoms with van der Waals surface area (Å²) in [5.74, 6) is 2.08. The number of imidazole rings is 1. The van der Waals surface area contributed by atoms with Crippen molar-refractivity contribution in [2.75, 3.05) is 43.4 Å². The first-order valence-electron chi connectivity index (χ1n) is 12.9. The van der Waals surface area contributed by atoms with Crippen LogP contribution in [0, 0.1) is 6.92 Å². The normalized spacial score (nSPS) is 16.5. The molecule has 5 rings (SSSR count). The maximum Gasteiger partial charge on any atom is 0.228 e. The lowest BCUT2D eigenvalue weighted by molar-refractivity contribution is 0.124. The summed E-state index contributed by atoms with van der Waals surface area (Å²) >= 11 is 0. The van der Waals surface area contributed by atoms with Crippen molar-refractivity contribution in [3.05, 3.63) is 58.4 Å². The van der Waals surface area contributed by atoms with Crippen LogP contribution in [-0.4, -0.2) is 59.2 Å². The number of piperidine rings is 1. The van der Waals surface area contributed by atoms with Gasteiger partial charge in [0.1, 0.15) is 0 Å². The van der Waals surface area contributed by atoms with Crippen molar-refractivity contribution in [1.29, 1.82) is 0 Å². The number of anilines is 2. The number of ether oxygens (including phenoxy) is 1. The fourth-order valence-corrected chi connectivity index (χ4v) is 5.15. The van der Waals surface area contributed by atoms with Crippen LogP contribution >= 0.6 is 8.03 Å². The molecule has 9 nitrogen and oxygen atoms in total. The summed E-state index contributed by atoms with van der Waals surface area (Å²) in [6.07, 6.45) is 10.3. The third kappa shape index (κ3) is 6.05. The molecule has 0 amide bonds. The standard InChI is InChI=1S/C27H35N6O3P/c1-20-8-10-21(11-9-20)18-33-24-7-5-4-6-23(24)29-27(33)32-16-13-22(14-17-32)31(2)26-28-15-12-25(30-26)35-19-36-37(3)34/h6-12,15,22,37H,4-5,13-14,16-19H2,1-3H3. The smallest absolute Gasteiger partial charge is 0.228 e. The summed E-state index contributed by atoms with van der Waals surface area (Å²) in [5.41, 5.74) is 2.56. The largest absolute Gasteiger partial charge is 0.450 e. The molecule has 0 saturated carbocycles. The van der Waals surface area contributed by atoms with Crippen molar-refractivity contribution >= 4 is 32.1 Å². The zero-order chi connectivity index (χ0) is 25.8. The number of aromatic nitrogens is 4. The maximum absolute atomic E-state index is 11.2. The predicted molar refractivity (Wildman–Crippen MR) is 147 cm³/mol. The molecule has 3 aromatic rings.